The Balaban J connectivity index is 1.52. The number of aromatic nitrogens is 2. The lowest BCUT2D eigenvalue weighted by molar-refractivity contribution is 0.0953. The van der Waals surface area contributed by atoms with Gasteiger partial charge >= 0.3 is 0 Å². The van der Waals surface area contributed by atoms with E-state index in [1.807, 2.05) is 61.5 Å². The summed E-state index contributed by atoms with van der Waals surface area (Å²) in [7, 11) is 0. The van der Waals surface area contributed by atoms with E-state index in [9.17, 15) is 4.79 Å². The maximum atomic E-state index is 12.1. The normalized spacial score (nSPS) is 10.3. The van der Waals surface area contributed by atoms with Crippen LogP contribution in [0.25, 0.3) is 0 Å². The van der Waals surface area contributed by atoms with Gasteiger partial charge in [0.1, 0.15) is 0 Å². The summed E-state index contributed by atoms with van der Waals surface area (Å²) >= 11 is 0. The van der Waals surface area contributed by atoms with Gasteiger partial charge in [0.05, 0.1) is 5.56 Å². The van der Waals surface area contributed by atoms with Crippen molar-refractivity contribution in [2.24, 2.45) is 0 Å². The summed E-state index contributed by atoms with van der Waals surface area (Å²) in [5.41, 5.74) is 3.74. The molecule has 0 atom stereocenters. The van der Waals surface area contributed by atoms with E-state index in [0.717, 1.165) is 12.1 Å². The molecule has 0 radical (unpaired) electrons. The Morgan fingerprint density at radius 1 is 0.960 bits per heavy atom. The highest BCUT2D eigenvalue weighted by Crippen LogP contribution is 2.13. The fraction of sp³-hybridized carbons (Fsp3) is 0.150. The van der Waals surface area contributed by atoms with Crippen LogP contribution in [0.2, 0.25) is 0 Å². The highest BCUT2D eigenvalue weighted by atomic mass is 16.1. The highest BCUT2D eigenvalue weighted by Gasteiger charge is 2.07. The number of amides is 1. The zero-order chi connectivity index (χ0) is 17.5. The van der Waals surface area contributed by atoms with Crippen molar-refractivity contribution in [2.45, 2.75) is 13.3 Å². The van der Waals surface area contributed by atoms with Gasteiger partial charge in [-0.15, -0.1) is 0 Å². The van der Waals surface area contributed by atoms with Gasteiger partial charge < -0.3 is 10.6 Å². The maximum absolute atomic E-state index is 12.1. The quantitative estimate of drug-likeness (QED) is 0.725. The van der Waals surface area contributed by atoms with E-state index in [1.165, 1.54) is 23.5 Å². The van der Waals surface area contributed by atoms with Crippen molar-refractivity contribution in [1.82, 2.24) is 15.3 Å². The number of carbonyl (C=O) groups is 1. The molecule has 0 aliphatic heterocycles. The lowest BCUT2D eigenvalue weighted by atomic mass is 10.1. The minimum absolute atomic E-state index is 0.169. The lowest BCUT2D eigenvalue weighted by Gasteiger charge is -2.07. The third-order valence-corrected chi connectivity index (χ3v) is 3.76. The summed E-state index contributed by atoms with van der Waals surface area (Å²) < 4.78 is 0. The molecule has 25 heavy (non-hydrogen) atoms. The third-order valence-electron chi connectivity index (χ3n) is 3.76. The Kier molecular flexibility index (Phi) is 5.36. The Bertz CT molecular complexity index is 815. The van der Waals surface area contributed by atoms with Crippen LogP contribution < -0.4 is 10.6 Å². The molecule has 0 spiro atoms. The molecular weight excluding hydrogens is 312 g/mol. The zero-order valence-electron chi connectivity index (χ0n) is 14.1. The fourth-order valence-corrected chi connectivity index (χ4v) is 2.34. The molecule has 0 unspecified atom stereocenters. The number of aryl methyl sites for hydroxylation is 1. The number of nitrogens with one attached hydrogen (secondary N) is 2. The molecule has 2 aromatic carbocycles. The molecule has 1 aromatic heterocycles. The number of hydrogen-bond acceptors (Lipinski definition) is 4. The summed E-state index contributed by atoms with van der Waals surface area (Å²) in [4.78, 5) is 20.5. The second kappa shape index (κ2) is 8.06. The minimum atomic E-state index is -0.169. The van der Waals surface area contributed by atoms with E-state index < -0.39 is 0 Å². The SMILES string of the molecule is Cc1ccc(Nc2ncc(C(=O)NCCc3ccccc3)cn2)cc1. The average molecular weight is 332 g/mol. The molecule has 0 saturated carbocycles. The first-order chi connectivity index (χ1) is 12.2. The van der Waals surface area contributed by atoms with Gasteiger partial charge in [0.15, 0.2) is 0 Å². The molecule has 126 valence electrons. The fourth-order valence-electron chi connectivity index (χ4n) is 2.34. The number of rotatable bonds is 6. The standard InChI is InChI=1S/C20H20N4O/c1-15-7-9-18(10-8-15)24-20-22-13-17(14-23-20)19(25)21-12-11-16-5-3-2-4-6-16/h2-10,13-14H,11-12H2,1H3,(H,21,25)(H,22,23,24). The molecule has 1 heterocycles. The van der Waals surface area contributed by atoms with Crippen LogP contribution in [0.4, 0.5) is 11.6 Å². The Labute approximate surface area is 147 Å². The van der Waals surface area contributed by atoms with Gasteiger partial charge in [0.2, 0.25) is 5.95 Å². The minimum Gasteiger partial charge on any atom is -0.352 e. The van der Waals surface area contributed by atoms with Crippen LogP contribution in [-0.2, 0) is 6.42 Å². The molecule has 2 N–H and O–H groups in total. The van der Waals surface area contributed by atoms with Crippen molar-refractivity contribution >= 4 is 17.5 Å². The smallest absolute Gasteiger partial charge is 0.254 e. The van der Waals surface area contributed by atoms with Crippen molar-refractivity contribution < 1.29 is 4.79 Å². The number of carbonyl (C=O) groups excluding carboxylic acids is 1. The van der Waals surface area contributed by atoms with E-state index in [2.05, 4.69) is 20.6 Å². The molecule has 0 saturated heterocycles. The predicted molar refractivity (Wildman–Crippen MR) is 99.0 cm³/mol. The van der Waals surface area contributed by atoms with Crippen molar-refractivity contribution in [2.75, 3.05) is 11.9 Å². The van der Waals surface area contributed by atoms with Crippen LogP contribution in [0.1, 0.15) is 21.5 Å². The molecule has 1 amide bonds. The summed E-state index contributed by atoms with van der Waals surface area (Å²) in [6.07, 6.45) is 3.85. The van der Waals surface area contributed by atoms with Gasteiger partial charge in [-0.3, -0.25) is 4.79 Å². The summed E-state index contributed by atoms with van der Waals surface area (Å²) in [5, 5.41) is 5.99. The first-order valence-corrected chi connectivity index (χ1v) is 8.18. The molecule has 0 aliphatic carbocycles. The summed E-state index contributed by atoms with van der Waals surface area (Å²) in [6, 6.07) is 18.0. The van der Waals surface area contributed by atoms with Crippen LogP contribution in [0, 0.1) is 6.92 Å². The Morgan fingerprint density at radius 3 is 2.32 bits per heavy atom. The lowest BCUT2D eigenvalue weighted by Crippen LogP contribution is -2.26. The topological polar surface area (TPSA) is 66.9 Å². The van der Waals surface area contributed by atoms with Gasteiger partial charge in [-0.1, -0.05) is 48.0 Å². The maximum Gasteiger partial charge on any atom is 0.254 e. The first-order valence-electron chi connectivity index (χ1n) is 8.18. The van der Waals surface area contributed by atoms with Crippen LogP contribution in [-0.4, -0.2) is 22.4 Å². The van der Waals surface area contributed by atoms with E-state index >= 15 is 0 Å². The van der Waals surface area contributed by atoms with Crippen LogP contribution in [0.3, 0.4) is 0 Å². The van der Waals surface area contributed by atoms with Crippen LogP contribution in [0.5, 0.6) is 0 Å². The molecule has 0 aliphatic rings. The Hall–Kier alpha value is -3.21. The van der Waals surface area contributed by atoms with Crippen molar-refractivity contribution in [3.05, 3.63) is 83.7 Å². The van der Waals surface area contributed by atoms with Gasteiger partial charge in [0.25, 0.3) is 5.91 Å². The van der Waals surface area contributed by atoms with Crippen molar-refractivity contribution in [1.29, 1.82) is 0 Å². The van der Waals surface area contributed by atoms with E-state index in [-0.39, 0.29) is 5.91 Å². The molecule has 0 fully saturated rings. The van der Waals surface area contributed by atoms with Crippen molar-refractivity contribution in [3.63, 3.8) is 0 Å². The van der Waals surface area contributed by atoms with Crippen LogP contribution >= 0.6 is 0 Å². The summed E-state index contributed by atoms with van der Waals surface area (Å²) in [5.74, 6) is 0.294. The van der Waals surface area contributed by atoms with Gasteiger partial charge in [-0.2, -0.15) is 0 Å². The first kappa shape index (κ1) is 16.6. The molecule has 3 rings (SSSR count). The molecule has 5 heteroatoms. The monoisotopic (exact) mass is 332 g/mol. The molecule has 3 aromatic rings. The van der Waals surface area contributed by atoms with E-state index in [4.69, 9.17) is 0 Å². The number of hydrogen-bond donors (Lipinski definition) is 2. The highest BCUT2D eigenvalue weighted by molar-refractivity contribution is 5.93. The number of benzene rings is 2. The van der Waals surface area contributed by atoms with E-state index in [0.29, 0.717) is 18.1 Å². The molecule has 0 bridgehead atoms. The number of nitrogens with zero attached hydrogens (tertiary/aromatic N) is 2. The molecule has 5 nitrogen and oxygen atoms in total. The second-order valence-corrected chi connectivity index (χ2v) is 5.78. The molecular formula is C20H20N4O. The third kappa shape index (κ3) is 4.88. The second-order valence-electron chi connectivity index (χ2n) is 5.78. The average Bonchev–Trinajstić information content (AvgIpc) is 2.65. The van der Waals surface area contributed by atoms with Gasteiger partial charge in [-0.05, 0) is 31.0 Å². The summed E-state index contributed by atoms with van der Waals surface area (Å²) in [6.45, 7) is 2.61. The van der Waals surface area contributed by atoms with Gasteiger partial charge in [0, 0.05) is 24.6 Å². The number of anilines is 2. The van der Waals surface area contributed by atoms with Crippen molar-refractivity contribution in [3.8, 4) is 0 Å². The Morgan fingerprint density at radius 2 is 1.64 bits per heavy atom. The van der Waals surface area contributed by atoms with Gasteiger partial charge in [-0.25, -0.2) is 9.97 Å². The largest absolute Gasteiger partial charge is 0.352 e. The predicted octanol–water partition coefficient (Wildman–Crippen LogP) is 3.50. The van der Waals surface area contributed by atoms with E-state index in [1.54, 1.807) is 0 Å². The zero-order valence-corrected chi connectivity index (χ0v) is 14.1. The van der Waals surface area contributed by atoms with Crippen LogP contribution in [0.15, 0.2) is 67.0 Å².